The number of pyridine rings is 1. The molecule has 0 aliphatic heterocycles. The molecule has 0 spiro atoms. The summed E-state index contributed by atoms with van der Waals surface area (Å²) in [5, 5.41) is 4.13. The van der Waals surface area contributed by atoms with Crippen LogP contribution in [0.25, 0.3) is 5.82 Å². The summed E-state index contributed by atoms with van der Waals surface area (Å²) in [7, 11) is 0. The molecule has 2 heterocycles. The molecule has 0 aliphatic rings. The molecule has 0 bridgehead atoms. The van der Waals surface area contributed by atoms with E-state index in [1.54, 1.807) is 10.9 Å². The van der Waals surface area contributed by atoms with Crippen molar-refractivity contribution in [3.63, 3.8) is 0 Å². The van der Waals surface area contributed by atoms with Crippen molar-refractivity contribution in [2.75, 3.05) is 0 Å². The van der Waals surface area contributed by atoms with Crippen molar-refractivity contribution in [1.29, 1.82) is 0 Å². The molecule has 4 heteroatoms. The number of hydrogen-bond acceptors (Lipinski definition) is 2. The number of hydrogen-bond donors (Lipinski definition) is 1. The fourth-order valence-corrected chi connectivity index (χ4v) is 1.35. The van der Waals surface area contributed by atoms with Crippen LogP contribution >= 0.6 is 12.2 Å². The molecular formula is C9H9N3S. The normalized spacial score (nSPS) is 10.2. The number of nitrogens with zero attached hydrogens (tertiary/aromatic N) is 2. The lowest BCUT2D eigenvalue weighted by atomic mass is 10.3. The predicted molar refractivity (Wildman–Crippen MR) is 53.5 cm³/mol. The average molecular weight is 191 g/mol. The Balaban J connectivity index is 2.66. The monoisotopic (exact) mass is 191 g/mol. The van der Waals surface area contributed by atoms with E-state index in [9.17, 15) is 0 Å². The average Bonchev–Trinajstić information content (AvgIpc) is 2.62. The lowest BCUT2D eigenvalue weighted by Gasteiger charge is -2.04. The van der Waals surface area contributed by atoms with Crippen LogP contribution in [0.1, 0.15) is 5.56 Å². The van der Waals surface area contributed by atoms with Gasteiger partial charge in [-0.1, -0.05) is 12.2 Å². The molecule has 2 aromatic heterocycles. The Morgan fingerprint density at radius 3 is 3.08 bits per heavy atom. The third-order valence-electron chi connectivity index (χ3n) is 1.91. The molecule has 0 amide bonds. The van der Waals surface area contributed by atoms with E-state index in [-0.39, 0.29) is 0 Å². The van der Waals surface area contributed by atoms with Crippen molar-refractivity contribution >= 4 is 12.2 Å². The number of nitrogens with one attached hydrogen (secondary N) is 1. The first-order valence-electron chi connectivity index (χ1n) is 3.97. The van der Waals surface area contributed by atoms with Gasteiger partial charge in [0.15, 0.2) is 0 Å². The second kappa shape index (κ2) is 3.14. The van der Waals surface area contributed by atoms with Crippen molar-refractivity contribution in [2.45, 2.75) is 6.92 Å². The van der Waals surface area contributed by atoms with E-state index in [2.05, 4.69) is 10.1 Å². The first kappa shape index (κ1) is 8.19. The zero-order chi connectivity index (χ0) is 9.26. The van der Waals surface area contributed by atoms with Gasteiger partial charge in [-0.2, -0.15) is 5.10 Å². The SMILES string of the molecule is Cc1c(-n2cccn2)[nH]ccc1=S. The number of H-pyrrole nitrogens is 1. The Bertz CT molecular complexity index is 456. The van der Waals surface area contributed by atoms with Gasteiger partial charge in [0.05, 0.1) is 0 Å². The Hall–Kier alpha value is -1.42. The Labute approximate surface area is 81.0 Å². The van der Waals surface area contributed by atoms with Crippen LogP contribution in [0.3, 0.4) is 0 Å². The quantitative estimate of drug-likeness (QED) is 0.701. The lowest BCUT2D eigenvalue weighted by Crippen LogP contribution is -2.00. The van der Waals surface area contributed by atoms with Crippen LogP contribution in [0.2, 0.25) is 0 Å². The van der Waals surface area contributed by atoms with Gasteiger partial charge in [-0.25, -0.2) is 4.68 Å². The summed E-state index contributed by atoms with van der Waals surface area (Å²) in [6.45, 7) is 1.98. The van der Waals surface area contributed by atoms with Gasteiger partial charge in [-0.15, -0.1) is 0 Å². The van der Waals surface area contributed by atoms with Gasteiger partial charge in [0.1, 0.15) is 5.82 Å². The molecule has 0 radical (unpaired) electrons. The standard InChI is InChI=1S/C9H9N3S/c1-7-8(13)3-5-10-9(7)12-6-2-4-11-12/h2-6H,1H3,(H,10,13). The van der Waals surface area contributed by atoms with E-state index in [0.717, 1.165) is 15.9 Å². The summed E-state index contributed by atoms with van der Waals surface area (Å²) in [5.74, 6) is 0.928. The summed E-state index contributed by atoms with van der Waals surface area (Å²) in [4.78, 5) is 3.11. The summed E-state index contributed by atoms with van der Waals surface area (Å²) >= 11 is 5.15. The van der Waals surface area contributed by atoms with Crippen molar-refractivity contribution in [3.8, 4) is 5.82 Å². The molecule has 66 valence electrons. The summed E-state index contributed by atoms with van der Waals surface area (Å²) in [6, 6.07) is 3.75. The van der Waals surface area contributed by atoms with Gasteiger partial charge in [-0.05, 0) is 19.1 Å². The van der Waals surface area contributed by atoms with E-state index in [4.69, 9.17) is 12.2 Å². The lowest BCUT2D eigenvalue weighted by molar-refractivity contribution is 0.837. The third-order valence-corrected chi connectivity index (χ3v) is 2.36. The predicted octanol–water partition coefficient (Wildman–Crippen LogP) is 2.24. The summed E-state index contributed by atoms with van der Waals surface area (Å²) < 4.78 is 2.62. The Morgan fingerprint density at radius 2 is 2.38 bits per heavy atom. The minimum Gasteiger partial charge on any atom is -0.346 e. The van der Waals surface area contributed by atoms with E-state index in [1.165, 1.54) is 0 Å². The first-order chi connectivity index (χ1) is 6.29. The minimum atomic E-state index is 0.851. The van der Waals surface area contributed by atoms with E-state index in [0.29, 0.717) is 0 Å². The van der Waals surface area contributed by atoms with Crippen molar-refractivity contribution in [1.82, 2.24) is 14.8 Å². The molecular weight excluding hydrogens is 182 g/mol. The van der Waals surface area contributed by atoms with Crippen LogP contribution in [-0.2, 0) is 0 Å². The molecule has 2 rings (SSSR count). The van der Waals surface area contributed by atoms with Crippen molar-refractivity contribution in [3.05, 3.63) is 40.8 Å². The Morgan fingerprint density at radius 1 is 1.54 bits per heavy atom. The molecule has 0 aliphatic carbocycles. The molecule has 0 aromatic carbocycles. The maximum absolute atomic E-state index is 5.15. The molecule has 0 saturated carbocycles. The largest absolute Gasteiger partial charge is 0.346 e. The fraction of sp³-hybridized carbons (Fsp3) is 0.111. The van der Waals surface area contributed by atoms with Crippen molar-refractivity contribution < 1.29 is 0 Å². The first-order valence-corrected chi connectivity index (χ1v) is 4.38. The highest BCUT2D eigenvalue weighted by Crippen LogP contribution is 2.09. The Kier molecular flexibility index (Phi) is 1.98. The topological polar surface area (TPSA) is 33.6 Å². The zero-order valence-corrected chi connectivity index (χ0v) is 8.01. The molecule has 0 unspecified atom stereocenters. The highest BCUT2D eigenvalue weighted by molar-refractivity contribution is 7.71. The number of aromatic nitrogens is 3. The molecule has 3 nitrogen and oxygen atoms in total. The van der Waals surface area contributed by atoms with Gasteiger partial charge in [0, 0.05) is 28.7 Å². The number of aromatic amines is 1. The van der Waals surface area contributed by atoms with E-state index in [1.807, 2.05) is 31.5 Å². The summed E-state index contributed by atoms with van der Waals surface area (Å²) in [5.41, 5.74) is 1.04. The van der Waals surface area contributed by atoms with Crippen LogP contribution in [0.4, 0.5) is 0 Å². The molecule has 13 heavy (non-hydrogen) atoms. The van der Waals surface area contributed by atoms with E-state index < -0.39 is 0 Å². The molecule has 0 atom stereocenters. The number of rotatable bonds is 1. The third kappa shape index (κ3) is 1.40. The molecule has 0 saturated heterocycles. The molecule has 0 fully saturated rings. The smallest absolute Gasteiger partial charge is 0.135 e. The van der Waals surface area contributed by atoms with Crippen molar-refractivity contribution in [2.24, 2.45) is 0 Å². The van der Waals surface area contributed by atoms with Gasteiger partial charge >= 0.3 is 0 Å². The fourth-order valence-electron chi connectivity index (χ4n) is 1.19. The molecule has 1 N–H and O–H groups in total. The highest BCUT2D eigenvalue weighted by Gasteiger charge is 2.00. The highest BCUT2D eigenvalue weighted by atomic mass is 32.1. The summed E-state index contributed by atoms with van der Waals surface area (Å²) in [6.07, 6.45) is 5.45. The van der Waals surface area contributed by atoms with E-state index >= 15 is 0 Å². The van der Waals surface area contributed by atoms with Gasteiger partial charge in [0.25, 0.3) is 0 Å². The van der Waals surface area contributed by atoms with Crippen LogP contribution in [-0.4, -0.2) is 14.8 Å². The van der Waals surface area contributed by atoms with Gasteiger partial charge in [-0.3, -0.25) is 0 Å². The van der Waals surface area contributed by atoms with Gasteiger partial charge in [0.2, 0.25) is 0 Å². The van der Waals surface area contributed by atoms with Crippen LogP contribution in [0, 0.1) is 11.4 Å². The maximum atomic E-state index is 5.15. The van der Waals surface area contributed by atoms with Gasteiger partial charge < -0.3 is 4.98 Å². The second-order valence-electron chi connectivity index (χ2n) is 2.77. The minimum absolute atomic E-state index is 0.851. The van der Waals surface area contributed by atoms with Crippen LogP contribution in [0.15, 0.2) is 30.7 Å². The molecule has 2 aromatic rings. The second-order valence-corrected chi connectivity index (χ2v) is 3.21. The van der Waals surface area contributed by atoms with Crippen LogP contribution < -0.4 is 0 Å². The van der Waals surface area contributed by atoms with Crippen LogP contribution in [0.5, 0.6) is 0 Å². The zero-order valence-electron chi connectivity index (χ0n) is 7.19. The maximum Gasteiger partial charge on any atom is 0.135 e.